The molecule has 0 amide bonds. The van der Waals surface area contributed by atoms with E-state index in [1.807, 2.05) is 25.1 Å². The fourth-order valence-corrected chi connectivity index (χ4v) is 3.58. The molecular formula is C22H23NO7. The minimum absolute atomic E-state index is 0.0452. The van der Waals surface area contributed by atoms with Gasteiger partial charge in [0.25, 0.3) is 0 Å². The van der Waals surface area contributed by atoms with Gasteiger partial charge in [0.15, 0.2) is 23.0 Å². The predicted molar refractivity (Wildman–Crippen MR) is 109 cm³/mol. The van der Waals surface area contributed by atoms with Crippen molar-refractivity contribution >= 4 is 17.8 Å². The molecule has 0 spiro atoms. The Bertz CT molecular complexity index is 1040. The lowest BCUT2D eigenvalue weighted by atomic mass is 9.99. The van der Waals surface area contributed by atoms with E-state index in [1.54, 1.807) is 18.2 Å². The zero-order valence-electron chi connectivity index (χ0n) is 17.3. The quantitative estimate of drug-likeness (QED) is 0.724. The van der Waals surface area contributed by atoms with Gasteiger partial charge in [0, 0.05) is 17.7 Å². The molecule has 2 aliphatic heterocycles. The summed E-state index contributed by atoms with van der Waals surface area (Å²) in [6.45, 7) is 0.807. The number of likely N-dealkylation sites (N-methyl/N-ethyl adjacent to an activating group) is 1. The van der Waals surface area contributed by atoms with Crippen molar-refractivity contribution in [3.8, 4) is 28.7 Å². The molecule has 0 aliphatic carbocycles. The largest absolute Gasteiger partial charge is 0.504 e. The molecule has 2 aromatic rings. The lowest BCUT2D eigenvalue weighted by Gasteiger charge is -2.14. The third-order valence-electron chi connectivity index (χ3n) is 5.08. The van der Waals surface area contributed by atoms with E-state index in [1.165, 1.54) is 14.2 Å². The zero-order valence-corrected chi connectivity index (χ0v) is 17.3. The Morgan fingerprint density at radius 3 is 2.70 bits per heavy atom. The van der Waals surface area contributed by atoms with E-state index in [2.05, 4.69) is 0 Å². The molecule has 0 unspecified atom stereocenters. The Morgan fingerprint density at radius 2 is 2.00 bits per heavy atom. The van der Waals surface area contributed by atoms with Gasteiger partial charge in [-0.25, -0.2) is 4.79 Å². The van der Waals surface area contributed by atoms with Gasteiger partial charge in [0.2, 0.25) is 12.5 Å². The normalized spacial score (nSPS) is 15.5. The second kappa shape index (κ2) is 7.79. The Kier molecular flexibility index (Phi) is 5.17. The molecule has 0 aromatic heterocycles. The standard InChI is InChI=1S/C22H23NO7/c1-23(2)8-7-12-9-17-21(29-11-28-17)19(24)14(12)10-16-13-5-6-15(26-3)20(27-4)18(13)22(25)30-16/h5-6,9-10,24H,7-8,11H2,1-4H3/b16-10-. The number of ether oxygens (including phenoxy) is 5. The van der Waals surface area contributed by atoms with Crippen LogP contribution in [-0.2, 0) is 11.2 Å². The number of hydrogen-bond acceptors (Lipinski definition) is 8. The number of phenolic OH excluding ortho intramolecular Hbond substituents is 1. The van der Waals surface area contributed by atoms with E-state index in [0.29, 0.717) is 40.6 Å². The first-order chi connectivity index (χ1) is 14.4. The number of esters is 1. The van der Waals surface area contributed by atoms with Gasteiger partial charge in [-0.05, 0) is 50.4 Å². The van der Waals surface area contributed by atoms with Crippen LogP contribution >= 0.6 is 0 Å². The summed E-state index contributed by atoms with van der Waals surface area (Å²) in [6, 6.07) is 5.29. The highest BCUT2D eigenvalue weighted by molar-refractivity contribution is 6.08. The molecule has 4 rings (SSSR count). The van der Waals surface area contributed by atoms with Crippen LogP contribution in [0.5, 0.6) is 28.7 Å². The van der Waals surface area contributed by atoms with Crippen molar-refractivity contribution in [3.05, 3.63) is 40.5 Å². The van der Waals surface area contributed by atoms with Crippen LogP contribution in [0.3, 0.4) is 0 Å². The molecule has 0 fully saturated rings. The molecule has 2 aliphatic rings. The summed E-state index contributed by atoms with van der Waals surface area (Å²) in [5.74, 6) is 1.26. The van der Waals surface area contributed by atoms with E-state index in [4.69, 9.17) is 23.7 Å². The van der Waals surface area contributed by atoms with Gasteiger partial charge in [0.1, 0.15) is 11.3 Å². The minimum Gasteiger partial charge on any atom is -0.504 e. The lowest BCUT2D eigenvalue weighted by molar-refractivity contribution is 0.0713. The fraction of sp³-hybridized carbons (Fsp3) is 0.318. The summed E-state index contributed by atoms with van der Waals surface area (Å²) in [4.78, 5) is 14.6. The van der Waals surface area contributed by atoms with E-state index < -0.39 is 5.97 Å². The van der Waals surface area contributed by atoms with Crippen LogP contribution in [0.15, 0.2) is 18.2 Å². The van der Waals surface area contributed by atoms with E-state index >= 15 is 0 Å². The Hall–Kier alpha value is -3.39. The van der Waals surface area contributed by atoms with Gasteiger partial charge < -0.3 is 33.7 Å². The van der Waals surface area contributed by atoms with E-state index in [-0.39, 0.29) is 23.9 Å². The molecule has 0 saturated carbocycles. The average Bonchev–Trinajstić information content (AvgIpc) is 3.32. The third-order valence-corrected chi connectivity index (χ3v) is 5.08. The van der Waals surface area contributed by atoms with Gasteiger partial charge in [-0.15, -0.1) is 0 Å². The van der Waals surface area contributed by atoms with Gasteiger partial charge in [-0.3, -0.25) is 0 Å². The molecule has 8 heteroatoms. The maximum atomic E-state index is 12.6. The number of carbonyl (C=O) groups is 1. The lowest BCUT2D eigenvalue weighted by Crippen LogP contribution is -2.15. The van der Waals surface area contributed by atoms with Crippen LogP contribution in [0.2, 0.25) is 0 Å². The van der Waals surface area contributed by atoms with Crippen LogP contribution in [-0.4, -0.2) is 57.6 Å². The maximum Gasteiger partial charge on any atom is 0.348 e. The molecule has 8 nitrogen and oxygen atoms in total. The molecular weight excluding hydrogens is 390 g/mol. The van der Waals surface area contributed by atoms with Gasteiger partial charge >= 0.3 is 5.97 Å². The zero-order chi connectivity index (χ0) is 21.4. The summed E-state index contributed by atoms with van der Waals surface area (Å²) in [6.07, 6.45) is 2.31. The topological polar surface area (TPSA) is 86.7 Å². The van der Waals surface area contributed by atoms with Gasteiger partial charge in [-0.1, -0.05) is 0 Å². The van der Waals surface area contributed by atoms with Crippen molar-refractivity contribution < 1.29 is 33.6 Å². The highest BCUT2D eigenvalue weighted by atomic mass is 16.7. The number of carbonyl (C=O) groups excluding carboxylic acids is 1. The monoisotopic (exact) mass is 413 g/mol. The highest BCUT2D eigenvalue weighted by Crippen LogP contribution is 2.47. The average molecular weight is 413 g/mol. The van der Waals surface area contributed by atoms with Gasteiger partial charge in [0.05, 0.1) is 14.2 Å². The van der Waals surface area contributed by atoms with Crippen LogP contribution < -0.4 is 18.9 Å². The van der Waals surface area contributed by atoms with Crippen LogP contribution in [0, 0.1) is 0 Å². The number of rotatable bonds is 6. The second-order valence-corrected chi connectivity index (χ2v) is 7.21. The first kappa shape index (κ1) is 19.9. The number of methoxy groups -OCH3 is 2. The molecule has 2 aromatic carbocycles. The molecule has 1 N–H and O–H groups in total. The highest BCUT2D eigenvalue weighted by Gasteiger charge is 2.33. The number of benzene rings is 2. The van der Waals surface area contributed by atoms with Crippen molar-refractivity contribution in [2.24, 2.45) is 0 Å². The summed E-state index contributed by atoms with van der Waals surface area (Å²) in [7, 11) is 6.92. The first-order valence-electron chi connectivity index (χ1n) is 9.43. The van der Waals surface area contributed by atoms with Crippen LogP contribution in [0.25, 0.3) is 11.8 Å². The predicted octanol–water partition coefficient (Wildman–Crippen LogP) is 2.91. The Balaban J connectivity index is 1.84. The number of hydrogen-bond donors (Lipinski definition) is 1. The fourth-order valence-electron chi connectivity index (χ4n) is 3.58. The number of nitrogens with zero attached hydrogens (tertiary/aromatic N) is 1. The molecule has 2 heterocycles. The summed E-state index contributed by atoms with van der Waals surface area (Å²) < 4.78 is 27.0. The maximum absolute atomic E-state index is 12.6. The van der Waals surface area contributed by atoms with E-state index in [0.717, 1.165) is 12.1 Å². The molecule has 0 radical (unpaired) electrons. The number of cyclic esters (lactones) is 1. The molecule has 158 valence electrons. The van der Waals surface area contributed by atoms with Crippen LogP contribution in [0.4, 0.5) is 0 Å². The summed E-state index contributed by atoms with van der Waals surface area (Å²) in [5, 5.41) is 10.9. The smallest absolute Gasteiger partial charge is 0.348 e. The summed E-state index contributed by atoms with van der Waals surface area (Å²) >= 11 is 0. The molecule has 30 heavy (non-hydrogen) atoms. The van der Waals surface area contributed by atoms with E-state index in [9.17, 15) is 9.90 Å². The van der Waals surface area contributed by atoms with Crippen molar-refractivity contribution in [1.82, 2.24) is 4.90 Å². The van der Waals surface area contributed by atoms with Crippen molar-refractivity contribution in [3.63, 3.8) is 0 Å². The third kappa shape index (κ3) is 3.29. The molecule has 0 saturated heterocycles. The van der Waals surface area contributed by atoms with Crippen LogP contribution in [0.1, 0.15) is 27.0 Å². The first-order valence-corrected chi connectivity index (χ1v) is 9.43. The number of aromatic hydroxyl groups is 1. The number of fused-ring (bicyclic) bond motifs is 2. The van der Waals surface area contributed by atoms with Gasteiger partial charge in [-0.2, -0.15) is 0 Å². The van der Waals surface area contributed by atoms with Crippen molar-refractivity contribution in [2.75, 3.05) is 41.7 Å². The summed E-state index contributed by atoms with van der Waals surface area (Å²) in [5.41, 5.74) is 2.22. The minimum atomic E-state index is -0.540. The number of phenols is 1. The molecule has 0 atom stereocenters. The Morgan fingerprint density at radius 1 is 1.20 bits per heavy atom. The second-order valence-electron chi connectivity index (χ2n) is 7.21. The Labute approximate surface area is 174 Å². The molecule has 0 bridgehead atoms. The SMILES string of the molecule is COc1ccc2c(c1OC)C(=O)O/C2=C\c1c(CCN(C)C)cc2c(c1O)OCO2. The van der Waals surface area contributed by atoms with Crippen molar-refractivity contribution in [1.29, 1.82) is 0 Å². The van der Waals surface area contributed by atoms with Crippen molar-refractivity contribution in [2.45, 2.75) is 6.42 Å².